The number of nitrogens with zero attached hydrogens (tertiary/aromatic N) is 2. The molecule has 0 aromatic heterocycles. The van der Waals surface area contributed by atoms with E-state index >= 15 is 0 Å². The van der Waals surface area contributed by atoms with Crippen molar-refractivity contribution in [3.63, 3.8) is 0 Å². The fourth-order valence-electron chi connectivity index (χ4n) is 6.78. The zero-order valence-electron chi connectivity index (χ0n) is 36.8. The number of benzene rings is 5. The highest BCUT2D eigenvalue weighted by Gasteiger charge is 2.19. The van der Waals surface area contributed by atoms with Gasteiger partial charge >= 0.3 is 11.9 Å². The van der Waals surface area contributed by atoms with Gasteiger partial charge in [0.2, 0.25) is 0 Å². The number of ether oxygens (including phenoxy) is 4. The van der Waals surface area contributed by atoms with Crippen molar-refractivity contribution in [1.82, 2.24) is 0 Å². The molecule has 0 heterocycles. The summed E-state index contributed by atoms with van der Waals surface area (Å²) in [6.07, 6.45) is 19.8. The van der Waals surface area contributed by atoms with Gasteiger partial charge in [-0.25, -0.2) is 9.59 Å². The summed E-state index contributed by atoms with van der Waals surface area (Å²) in [4.78, 5) is 35.1. The molecule has 0 atom stereocenters. The molecule has 0 amide bonds. The van der Waals surface area contributed by atoms with Crippen LogP contribution < -0.4 is 9.47 Å². The van der Waals surface area contributed by atoms with E-state index in [0.29, 0.717) is 37.6 Å². The van der Waals surface area contributed by atoms with Crippen molar-refractivity contribution in [2.24, 2.45) is 9.98 Å². The third-order valence-electron chi connectivity index (χ3n) is 10.4. The normalized spacial score (nSPS) is 11.3. The lowest BCUT2D eigenvalue weighted by molar-refractivity contribution is 0.0438. The van der Waals surface area contributed by atoms with Crippen molar-refractivity contribution in [2.45, 2.75) is 104 Å². The van der Waals surface area contributed by atoms with Gasteiger partial charge in [-0.1, -0.05) is 102 Å². The first-order chi connectivity index (χ1) is 30.5. The zero-order valence-corrected chi connectivity index (χ0v) is 36.8. The Hall–Kier alpha value is -6.02. The summed E-state index contributed by atoms with van der Waals surface area (Å²) in [5.41, 5.74) is 6.84. The highest BCUT2D eigenvalue weighted by atomic mass is 16.5. The predicted molar refractivity (Wildman–Crippen MR) is 252 cm³/mol. The predicted octanol–water partition coefficient (Wildman–Crippen LogP) is 13.5. The highest BCUT2D eigenvalue weighted by Crippen LogP contribution is 2.20. The molecule has 0 aliphatic rings. The van der Waals surface area contributed by atoms with E-state index in [4.69, 9.17) is 18.9 Å². The summed E-state index contributed by atoms with van der Waals surface area (Å²) in [7, 11) is 0. The number of unbranched alkanes of at least 4 members (excludes halogenated alkanes) is 8. The smallest absolute Gasteiger partial charge is 0.339 e. The molecule has 0 saturated heterocycles. The third kappa shape index (κ3) is 17.5. The Labute approximate surface area is 369 Å². The average Bonchev–Trinajstić information content (AvgIpc) is 3.31. The molecule has 0 aliphatic carbocycles. The van der Waals surface area contributed by atoms with Crippen LogP contribution >= 0.6 is 0 Å². The number of hydrogen-bond donors (Lipinski definition) is 0. The second kappa shape index (κ2) is 27.8. The maximum Gasteiger partial charge on any atom is 0.339 e. The second-order valence-corrected chi connectivity index (χ2v) is 15.5. The molecule has 0 saturated carbocycles. The van der Waals surface area contributed by atoms with Crippen molar-refractivity contribution >= 4 is 35.7 Å². The molecule has 5 aromatic rings. The van der Waals surface area contributed by atoms with Crippen LogP contribution in [0.2, 0.25) is 0 Å². The number of rotatable bonds is 28. The summed E-state index contributed by atoms with van der Waals surface area (Å²) >= 11 is 0. The summed E-state index contributed by atoms with van der Waals surface area (Å²) in [6.45, 7) is 5.50. The van der Waals surface area contributed by atoms with Gasteiger partial charge in [-0.15, -0.1) is 0 Å². The zero-order chi connectivity index (χ0) is 43.5. The molecular formula is C54H64N2O6. The maximum atomic E-state index is 12.9. The third-order valence-corrected chi connectivity index (χ3v) is 10.4. The van der Waals surface area contributed by atoms with Gasteiger partial charge in [0.05, 0.1) is 48.9 Å². The van der Waals surface area contributed by atoms with E-state index in [9.17, 15) is 9.59 Å². The van der Waals surface area contributed by atoms with E-state index < -0.39 is 11.9 Å². The highest BCUT2D eigenvalue weighted by molar-refractivity contribution is 6.03. The Bertz CT molecular complexity index is 1940. The average molecular weight is 837 g/mol. The molecular weight excluding hydrogens is 773 g/mol. The minimum atomic E-state index is -0.587. The number of esters is 2. The molecule has 8 heteroatoms. The fourth-order valence-corrected chi connectivity index (χ4v) is 6.78. The number of aryl methyl sites for hydroxylation is 2. The SMILES string of the molecule is CCCCCCCc1ccc(N=Cc2ccc(OCCCOC(=O)c3ccccc3C(=O)OCCCOc3ccc(C=Nc4ccc(CCCCCCC)cc4)cc3)cc2)cc1. The minimum absolute atomic E-state index is 0.142. The van der Waals surface area contributed by atoms with Crippen molar-refractivity contribution < 1.29 is 28.5 Å². The van der Waals surface area contributed by atoms with Crippen molar-refractivity contribution in [3.05, 3.63) is 155 Å². The first kappa shape index (κ1) is 47.0. The largest absolute Gasteiger partial charge is 0.493 e. The van der Waals surface area contributed by atoms with Crippen LogP contribution in [0.3, 0.4) is 0 Å². The first-order valence-electron chi connectivity index (χ1n) is 22.7. The summed E-state index contributed by atoms with van der Waals surface area (Å²) in [5.74, 6) is 0.261. The number of hydrogen-bond acceptors (Lipinski definition) is 8. The fraction of sp³-hybridized carbons (Fsp3) is 0.370. The summed E-state index contributed by atoms with van der Waals surface area (Å²) in [5, 5.41) is 0. The topological polar surface area (TPSA) is 95.8 Å². The standard InChI is InChI=1S/C54H64N2O6/c1-3-5-7-9-11-17-43-21-29-47(30-22-43)55-41-45-25-33-49(34-26-45)59-37-15-39-61-53(57)51-19-13-14-20-52(51)54(58)62-40-16-38-60-50-35-27-46(28-36-50)42-56-48-31-23-44(24-32-48)18-12-10-8-6-4-2/h13-14,19-36,41-42H,3-12,15-18,37-40H2,1-2H3. The number of carbonyl (C=O) groups is 2. The Morgan fingerprint density at radius 3 is 1.21 bits per heavy atom. The number of aliphatic imine (C=N–C) groups is 2. The Kier molecular flexibility index (Phi) is 21.1. The van der Waals surface area contributed by atoms with Gasteiger partial charge in [-0.05, 0) is 133 Å². The van der Waals surface area contributed by atoms with Crippen LogP contribution in [0, 0.1) is 0 Å². The lowest BCUT2D eigenvalue weighted by atomic mass is 10.1. The number of carbonyl (C=O) groups excluding carboxylic acids is 2. The Morgan fingerprint density at radius 1 is 0.435 bits per heavy atom. The molecule has 5 aromatic carbocycles. The van der Waals surface area contributed by atoms with Crippen LogP contribution in [0.1, 0.15) is 134 Å². The molecule has 0 aliphatic heterocycles. The van der Waals surface area contributed by atoms with Gasteiger partial charge < -0.3 is 18.9 Å². The first-order valence-corrected chi connectivity index (χ1v) is 22.7. The minimum Gasteiger partial charge on any atom is -0.493 e. The lowest BCUT2D eigenvalue weighted by Crippen LogP contribution is -2.16. The van der Waals surface area contributed by atoms with Crippen molar-refractivity contribution in [3.8, 4) is 11.5 Å². The molecule has 0 unspecified atom stereocenters. The van der Waals surface area contributed by atoms with Crippen molar-refractivity contribution in [1.29, 1.82) is 0 Å². The Balaban J connectivity index is 0.938. The summed E-state index contributed by atoms with van der Waals surface area (Å²) < 4.78 is 22.7. The van der Waals surface area contributed by atoms with Crippen LogP contribution in [0.25, 0.3) is 0 Å². The van der Waals surface area contributed by atoms with E-state index in [1.165, 1.54) is 75.3 Å². The van der Waals surface area contributed by atoms with E-state index in [-0.39, 0.29) is 24.3 Å². The molecule has 0 N–H and O–H groups in total. The molecule has 0 spiro atoms. The molecule has 8 nitrogen and oxygen atoms in total. The molecule has 5 rings (SSSR count). The van der Waals surface area contributed by atoms with Crippen molar-refractivity contribution in [2.75, 3.05) is 26.4 Å². The van der Waals surface area contributed by atoms with Gasteiger partial charge in [-0.3, -0.25) is 9.98 Å². The van der Waals surface area contributed by atoms with Crippen LogP contribution in [0.4, 0.5) is 11.4 Å². The lowest BCUT2D eigenvalue weighted by Gasteiger charge is -2.11. The molecule has 62 heavy (non-hydrogen) atoms. The van der Waals surface area contributed by atoms with Crippen LogP contribution in [0.15, 0.2) is 131 Å². The van der Waals surface area contributed by atoms with E-state index in [1.54, 1.807) is 24.3 Å². The maximum absolute atomic E-state index is 12.9. The molecule has 0 bridgehead atoms. The monoisotopic (exact) mass is 836 g/mol. The van der Waals surface area contributed by atoms with E-state index in [2.05, 4.69) is 72.4 Å². The van der Waals surface area contributed by atoms with Gasteiger partial charge in [0.15, 0.2) is 0 Å². The van der Waals surface area contributed by atoms with Crippen LogP contribution in [-0.2, 0) is 22.3 Å². The van der Waals surface area contributed by atoms with Gasteiger partial charge in [-0.2, -0.15) is 0 Å². The molecule has 326 valence electrons. The van der Waals surface area contributed by atoms with Crippen LogP contribution in [-0.4, -0.2) is 50.8 Å². The van der Waals surface area contributed by atoms with E-state index in [1.807, 2.05) is 61.0 Å². The van der Waals surface area contributed by atoms with Gasteiger partial charge in [0, 0.05) is 25.3 Å². The van der Waals surface area contributed by atoms with Gasteiger partial charge in [0.1, 0.15) is 11.5 Å². The second-order valence-electron chi connectivity index (χ2n) is 15.5. The Morgan fingerprint density at radius 2 is 0.823 bits per heavy atom. The van der Waals surface area contributed by atoms with Gasteiger partial charge in [0.25, 0.3) is 0 Å². The van der Waals surface area contributed by atoms with Crippen LogP contribution in [0.5, 0.6) is 11.5 Å². The summed E-state index contributed by atoms with van der Waals surface area (Å²) in [6, 6.07) is 38.9. The molecule has 0 radical (unpaired) electrons. The van der Waals surface area contributed by atoms with E-state index in [0.717, 1.165) is 35.3 Å². The molecule has 0 fully saturated rings. The quantitative estimate of drug-likeness (QED) is 0.0283.